The van der Waals surface area contributed by atoms with Crippen LogP contribution in [-0.2, 0) is 11.2 Å². The van der Waals surface area contributed by atoms with Crippen LogP contribution in [-0.4, -0.2) is 25.8 Å². The molecule has 3 heteroatoms. The Kier molecular flexibility index (Phi) is 8.43. The van der Waals surface area contributed by atoms with Gasteiger partial charge in [-0.05, 0) is 50.4 Å². The van der Waals surface area contributed by atoms with E-state index in [0.29, 0.717) is 6.04 Å². The van der Waals surface area contributed by atoms with E-state index in [-0.39, 0.29) is 5.82 Å². The summed E-state index contributed by atoms with van der Waals surface area (Å²) >= 11 is 0. The Bertz CT molecular complexity index is 326. The van der Waals surface area contributed by atoms with Crippen molar-refractivity contribution in [1.82, 2.24) is 5.32 Å². The third-order valence-electron chi connectivity index (χ3n) is 3.06. The Hall–Kier alpha value is -0.930. The summed E-state index contributed by atoms with van der Waals surface area (Å²) in [6.07, 6.45) is 4.30. The first-order chi connectivity index (χ1) is 9.22. The molecule has 0 heterocycles. The van der Waals surface area contributed by atoms with E-state index in [0.717, 1.165) is 39.0 Å². The highest BCUT2D eigenvalue weighted by molar-refractivity contribution is 5.16. The molecule has 1 atom stereocenters. The van der Waals surface area contributed by atoms with Crippen LogP contribution in [0, 0.1) is 5.82 Å². The van der Waals surface area contributed by atoms with Crippen molar-refractivity contribution >= 4 is 0 Å². The third kappa shape index (κ3) is 7.96. The zero-order valence-corrected chi connectivity index (χ0v) is 12.1. The highest BCUT2D eigenvalue weighted by atomic mass is 19.1. The lowest BCUT2D eigenvalue weighted by Gasteiger charge is -2.14. The molecular formula is C16H26FNO. The number of unbranched alkanes of at least 4 members (excludes halogenated alkanes) is 1. The highest BCUT2D eigenvalue weighted by Gasteiger charge is 2.02. The number of nitrogens with one attached hydrogen (secondary N) is 1. The van der Waals surface area contributed by atoms with Crippen molar-refractivity contribution in [2.75, 3.05) is 19.8 Å². The van der Waals surface area contributed by atoms with Gasteiger partial charge in [-0.3, -0.25) is 0 Å². The Morgan fingerprint density at radius 1 is 1.16 bits per heavy atom. The molecule has 2 nitrogen and oxygen atoms in total. The molecule has 1 rings (SSSR count). The van der Waals surface area contributed by atoms with Crippen LogP contribution in [0.4, 0.5) is 4.39 Å². The van der Waals surface area contributed by atoms with Gasteiger partial charge < -0.3 is 10.1 Å². The van der Waals surface area contributed by atoms with Crippen molar-refractivity contribution < 1.29 is 9.13 Å². The van der Waals surface area contributed by atoms with Crippen LogP contribution in [0.1, 0.15) is 38.7 Å². The first-order valence-electron chi connectivity index (χ1n) is 7.28. The van der Waals surface area contributed by atoms with Gasteiger partial charge >= 0.3 is 0 Å². The van der Waals surface area contributed by atoms with Crippen molar-refractivity contribution in [2.45, 2.75) is 45.6 Å². The second kappa shape index (κ2) is 9.93. The summed E-state index contributed by atoms with van der Waals surface area (Å²) in [5, 5.41) is 3.46. The first-order valence-corrected chi connectivity index (χ1v) is 7.28. The fourth-order valence-corrected chi connectivity index (χ4v) is 1.92. The van der Waals surface area contributed by atoms with Gasteiger partial charge in [-0.25, -0.2) is 4.39 Å². The molecule has 0 amide bonds. The van der Waals surface area contributed by atoms with E-state index in [9.17, 15) is 4.39 Å². The molecule has 0 spiro atoms. The number of halogens is 1. The maximum atomic E-state index is 12.8. The minimum absolute atomic E-state index is 0.173. The summed E-state index contributed by atoms with van der Waals surface area (Å²) in [5.41, 5.74) is 1.17. The van der Waals surface area contributed by atoms with Gasteiger partial charge in [0, 0.05) is 19.3 Å². The van der Waals surface area contributed by atoms with E-state index < -0.39 is 0 Å². The van der Waals surface area contributed by atoms with E-state index in [4.69, 9.17) is 4.74 Å². The molecule has 19 heavy (non-hydrogen) atoms. The summed E-state index contributed by atoms with van der Waals surface area (Å²) < 4.78 is 18.3. The zero-order chi connectivity index (χ0) is 13.9. The molecular weight excluding hydrogens is 241 g/mol. The van der Waals surface area contributed by atoms with Gasteiger partial charge in [0.15, 0.2) is 0 Å². The van der Waals surface area contributed by atoms with Crippen molar-refractivity contribution in [3.63, 3.8) is 0 Å². The third-order valence-corrected chi connectivity index (χ3v) is 3.06. The van der Waals surface area contributed by atoms with Crippen LogP contribution >= 0.6 is 0 Å². The number of hydrogen-bond acceptors (Lipinski definition) is 2. The zero-order valence-electron chi connectivity index (χ0n) is 12.1. The molecule has 0 bridgehead atoms. The second-order valence-electron chi connectivity index (χ2n) is 5.01. The molecule has 1 aromatic rings. The normalized spacial score (nSPS) is 12.6. The second-order valence-corrected chi connectivity index (χ2v) is 5.01. The quantitative estimate of drug-likeness (QED) is 0.655. The maximum Gasteiger partial charge on any atom is 0.123 e. The fraction of sp³-hybridized carbons (Fsp3) is 0.625. The molecule has 0 radical (unpaired) electrons. The standard InChI is InChI=1S/C16H26FNO/c1-3-4-11-19-12-5-10-18-14(2)13-15-6-8-16(17)9-7-15/h6-9,14,18H,3-5,10-13H2,1-2H3. The van der Waals surface area contributed by atoms with Gasteiger partial charge in [-0.1, -0.05) is 25.5 Å². The lowest BCUT2D eigenvalue weighted by atomic mass is 10.1. The smallest absolute Gasteiger partial charge is 0.123 e. The van der Waals surface area contributed by atoms with Crippen molar-refractivity contribution in [3.8, 4) is 0 Å². The average Bonchev–Trinajstić information content (AvgIpc) is 2.40. The summed E-state index contributed by atoms with van der Waals surface area (Å²) in [4.78, 5) is 0. The van der Waals surface area contributed by atoms with Crippen LogP contribution in [0.25, 0.3) is 0 Å². The monoisotopic (exact) mass is 267 g/mol. The Morgan fingerprint density at radius 2 is 1.84 bits per heavy atom. The predicted octanol–water partition coefficient (Wildman–Crippen LogP) is 3.55. The Morgan fingerprint density at radius 3 is 2.53 bits per heavy atom. The summed E-state index contributed by atoms with van der Waals surface area (Å²) in [7, 11) is 0. The number of hydrogen-bond donors (Lipinski definition) is 1. The van der Waals surface area contributed by atoms with Gasteiger partial charge in [0.1, 0.15) is 5.82 Å². The maximum absolute atomic E-state index is 12.8. The van der Waals surface area contributed by atoms with Gasteiger partial charge in [-0.15, -0.1) is 0 Å². The molecule has 0 aliphatic carbocycles. The lowest BCUT2D eigenvalue weighted by Crippen LogP contribution is -2.29. The summed E-state index contributed by atoms with van der Waals surface area (Å²) in [6, 6.07) is 7.14. The van der Waals surface area contributed by atoms with E-state index in [1.807, 2.05) is 12.1 Å². The fourth-order valence-electron chi connectivity index (χ4n) is 1.92. The molecule has 0 aliphatic heterocycles. The molecule has 0 saturated carbocycles. The molecule has 1 aromatic carbocycles. The Balaban J connectivity index is 2.04. The Labute approximate surface area is 116 Å². The van der Waals surface area contributed by atoms with E-state index in [1.165, 1.54) is 24.1 Å². The van der Waals surface area contributed by atoms with E-state index in [1.54, 1.807) is 0 Å². The van der Waals surface area contributed by atoms with E-state index in [2.05, 4.69) is 19.2 Å². The summed E-state index contributed by atoms with van der Waals surface area (Å²) in [6.45, 7) is 7.00. The van der Waals surface area contributed by atoms with Crippen molar-refractivity contribution in [3.05, 3.63) is 35.6 Å². The van der Waals surface area contributed by atoms with Crippen molar-refractivity contribution in [1.29, 1.82) is 0 Å². The van der Waals surface area contributed by atoms with Crippen LogP contribution in [0.5, 0.6) is 0 Å². The lowest BCUT2D eigenvalue weighted by molar-refractivity contribution is 0.128. The van der Waals surface area contributed by atoms with Crippen LogP contribution < -0.4 is 5.32 Å². The van der Waals surface area contributed by atoms with Gasteiger partial charge in [0.25, 0.3) is 0 Å². The number of rotatable bonds is 10. The number of benzene rings is 1. The SMILES string of the molecule is CCCCOCCCNC(C)Cc1ccc(F)cc1. The molecule has 0 fully saturated rings. The largest absolute Gasteiger partial charge is 0.381 e. The van der Waals surface area contributed by atoms with E-state index >= 15 is 0 Å². The van der Waals surface area contributed by atoms with Gasteiger partial charge in [-0.2, -0.15) is 0 Å². The average molecular weight is 267 g/mol. The number of ether oxygens (including phenoxy) is 1. The van der Waals surface area contributed by atoms with Crippen LogP contribution in [0.3, 0.4) is 0 Å². The molecule has 1 N–H and O–H groups in total. The van der Waals surface area contributed by atoms with Crippen LogP contribution in [0.15, 0.2) is 24.3 Å². The van der Waals surface area contributed by atoms with Gasteiger partial charge in [0.05, 0.1) is 0 Å². The summed E-state index contributed by atoms with van der Waals surface area (Å²) in [5.74, 6) is -0.173. The highest BCUT2D eigenvalue weighted by Crippen LogP contribution is 2.05. The van der Waals surface area contributed by atoms with Gasteiger partial charge in [0.2, 0.25) is 0 Å². The topological polar surface area (TPSA) is 21.3 Å². The molecule has 1 unspecified atom stereocenters. The van der Waals surface area contributed by atoms with Crippen molar-refractivity contribution in [2.24, 2.45) is 0 Å². The molecule has 0 saturated heterocycles. The minimum Gasteiger partial charge on any atom is -0.381 e. The minimum atomic E-state index is -0.173. The van der Waals surface area contributed by atoms with Crippen LogP contribution in [0.2, 0.25) is 0 Å². The predicted molar refractivity (Wildman–Crippen MR) is 77.9 cm³/mol. The molecule has 0 aromatic heterocycles. The first kappa shape index (κ1) is 16.1. The molecule has 0 aliphatic rings. The molecule has 108 valence electrons.